The molecule has 1 heterocycles. The lowest BCUT2D eigenvalue weighted by atomic mass is 10.1. The van der Waals surface area contributed by atoms with E-state index in [0.717, 1.165) is 27.8 Å². The van der Waals surface area contributed by atoms with E-state index in [1.807, 2.05) is 45.2 Å². The fourth-order valence-electron chi connectivity index (χ4n) is 1.80. The number of aromatic nitrogens is 2. The van der Waals surface area contributed by atoms with Crippen LogP contribution >= 0.6 is 11.6 Å². The Morgan fingerprint density at radius 3 is 2.40 bits per heavy atom. The molecule has 0 aliphatic rings. The molecule has 0 radical (unpaired) electrons. The molecule has 0 atom stereocenters. The Balaban J connectivity index is 2.69. The molecule has 3 heteroatoms. The number of hydrogen-bond donors (Lipinski definition) is 0. The lowest BCUT2D eigenvalue weighted by Crippen LogP contribution is -1.95. The predicted molar refractivity (Wildman–Crippen MR) is 63.1 cm³/mol. The first-order valence-electron chi connectivity index (χ1n) is 4.86. The first kappa shape index (κ1) is 10.2. The van der Waals surface area contributed by atoms with Crippen LogP contribution in [-0.4, -0.2) is 9.55 Å². The van der Waals surface area contributed by atoms with Gasteiger partial charge in [0.15, 0.2) is 0 Å². The maximum Gasteiger partial charge on any atom is 0.106 e. The maximum atomic E-state index is 6.17. The van der Waals surface area contributed by atoms with Crippen LogP contribution < -0.4 is 0 Å². The zero-order valence-corrected chi connectivity index (χ0v) is 9.84. The van der Waals surface area contributed by atoms with Crippen LogP contribution in [0.4, 0.5) is 0 Å². The minimum absolute atomic E-state index is 0.767. The smallest absolute Gasteiger partial charge is 0.106 e. The van der Waals surface area contributed by atoms with Gasteiger partial charge in [0.25, 0.3) is 0 Å². The Morgan fingerprint density at radius 2 is 1.87 bits per heavy atom. The van der Waals surface area contributed by atoms with E-state index < -0.39 is 0 Å². The van der Waals surface area contributed by atoms with Gasteiger partial charge in [-0.05, 0) is 19.9 Å². The summed E-state index contributed by atoms with van der Waals surface area (Å²) in [7, 11) is 2.01. The summed E-state index contributed by atoms with van der Waals surface area (Å²) in [5.74, 6) is 1.00. The number of imidazole rings is 1. The highest BCUT2D eigenvalue weighted by Gasteiger charge is 2.12. The van der Waals surface area contributed by atoms with Crippen LogP contribution in [0.3, 0.4) is 0 Å². The fraction of sp³-hybridized carbons (Fsp3) is 0.250. The molecule has 0 saturated heterocycles. The predicted octanol–water partition coefficient (Wildman–Crippen LogP) is 3.36. The second kappa shape index (κ2) is 3.70. The highest BCUT2D eigenvalue weighted by Crippen LogP contribution is 2.29. The summed E-state index contributed by atoms with van der Waals surface area (Å²) in [6, 6.07) is 7.85. The van der Waals surface area contributed by atoms with Gasteiger partial charge in [0, 0.05) is 17.6 Å². The van der Waals surface area contributed by atoms with E-state index in [1.165, 1.54) is 0 Å². The molecule has 2 rings (SSSR count). The number of benzene rings is 1. The van der Waals surface area contributed by atoms with E-state index in [0.29, 0.717) is 0 Å². The van der Waals surface area contributed by atoms with Crippen LogP contribution in [0.1, 0.15) is 11.5 Å². The molecule has 0 saturated carbocycles. The first-order chi connectivity index (χ1) is 7.11. The minimum Gasteiger partial charge on any atom is -0.331 e. The van der Waals surface area contributed by atoms with E-state index in [-0.39, 0.29) is 0 Å². The van der Waals surface area contributed by atoms with E-state index >= 15 is 0 Å². The summed E-state index contributed by atoms with van der Waals surface area (Å²) in [6.45, 7) is 4.00. The van der Waals surface area contributed by atoms with Crippen molar-refractivity contribution < 1.29 is 0 Å². The molecular formula is C12H13ClN2. The van der Waals surface area contributed by atoms with Crippen LogP contribution in [0.5, 0.6) is 0 Å². The zero-order chi connectivity index (χ0) is 11.0. The highest BCUT2D eigenvalue weighted by atomic mass is 35.5. The third kappa shape index (κ3) is 1.65. The van der Waals surface area contributed by atoms with E-state index in [4.69, 9.17) is 11.6 Å². The Morgan fingerprint density at radius 1 is 1.20 bits per heavy atom. The van der Waals surface area contributed by atoms with Crippen molar-refractivity contribution >= 4 is 11.6 Å². The third-order valence-electron chi connectivity index (χ3n) is 2.62. The topological polar surface area (TPSA) is 17.8 Å². The summed E-state index contributed by atoms with van der Waals surface area (Å²) in [4.78, 5) is 4.43. The minimum atomic E-state index is 0.767. The van der Waals surface area contributed by atoms with Crippen LogP contribution in [0.15, 0.2) is 24.3 Å². The van der Waals surface area contributed by atoms with Gasteiger partial charge in [0.2, 0.25) is 0 Å². The summed E-state index contributed by atoms with van der Waals surface area (Å²) >= 11 is 6.17. The molecule has 1 aromatic carbocycles. The molecular weight excluding hydrogens is 208 g/mol. The third-order valence-corrected chi connectivity index (χ3v) is 2.95. The van der Waals surface area contributed by atoms with Crippen molar-refractivity contribution in [2.45, 2.75) is 13.8 Å². The van der Waals surface area contributed by atoms with Gasteiger partial charge in [-0.15, -0.1) is 0 Å². The van der Waals surface area contributed by atoms with Gasteiger partial charge >= 0.3 is 0 Å². The molecule has 78 valence electrons. The highest BCUT2D eigenvalue weighted by molar-refractivity contribution is 6.33. The molecule has 0 fully saturated rings. The van der Waals surface area contributed by atoms with Crippen molar-refractivity contribution in [3.8, 4) is 11.3 Å². The van der Waals surface area contributed by atoms with Gasteiger partial charge in [-0.1, -0.05) is 29.8 Å². The van der Waals surface area contributed by atoms with Crippen LogP contribution in [-0.2, 0) is 7.05 Å². The number of nitrogens with zero attached hydrogens (tertiary/aromatic N) is 2. The number of rotatable bonds is 1. The SMILES string of the molecule is Cc1nc(C)n(C)c1-c1ccccc1Cl. The van der Waals surface area contributed by atoms with Crippen molar-refractivity contribution in [1.29, 1.82) is 0 Å². The Hall–Kier alpha value is -1.28. The Bertz CT molecular complexity index is 500. The molecule has 15 heavy (non-hydrogen) atoms. The molecule has 0 aliphatic heterocycles. The number of aryl methyl sites for hydroxylation is 2. The Labute approximate surface area is 94.5 Å². The largest absolute Gasteiger partial charge is 0.331 e. The van der Waals surface area contributed by atoms with Gasteiger partial charge in [-0.3, -0.25) is 0 Å². The van der Waals surface area contributed by atoms with Crippen molar-refractivity contribution in [3.05, 3.63) is 40.8 Å². The molecule has 0 amide bonds. The van der Waals surface area contributed by atoms with Gasteiger partial charge in [-0.2, -0.15) is 0 Å². The molecule has 1 aromatic heterocycles. The van der Waals surface area contributed by atoms with Crippen LogP contribution in [0.2, 0.25) is 5.02 Å². The fourth-order valence-corrected chi connectivity index (χ4v) is 2.03. The zero-order valence-electron chi connectivity index (χ0n) is 9.08. The molecule has 0 N–H and O–H groups in total. The maximum absolute atomic E-state index is 6.17. The second-order valence-electron chi connectivity index (χ2n) is 3.63. The van der Waals surface area contributed by atoms with Crippen molar-refractivity contribution in [2.24, 2.45) is 7.05 Å². The molecule has 0 bridgehead atoms. The Kier molecular flexibility index (Phi) is 2.53. The average Bonchev–Trinajstić information content (AvgIpc) is 2.43. The van der Waals surface area contributed by atoms with Gasteiger partial charge in [0.1, 0.15) is 5.82 Å². The average molecular weight is 221 g/mol. The lowest BCUT2D eigenvalue weighted by Gasteiger charge is -2.06. The quantitative estimate of drug-likeness (QED) is 0.721. The molecule has 0 aliphatic carbocycles. The van der Waals surface area contributed by atoms with E-state index in [9.17, 15) is 0 Å². The standard InChI is InChI=1S/C12H13ClN2/c1-8-12(15(3)9(2)14-8)10-6-4-5-7-11(10)13/h4-7H,1-3H3. The van der Waals surface area contributed by atoms with Crippen molar-refractivity contribution in [2.75, 3.05) is 0 Å². The van der Waals surface area contributed by atoms with Crippen molar-refractivity contribution in [1.82, 2.24) is 9.55 Å². The van der Waals surface area contributed by atoms with Crippen LogP contribution in [0.25, 0.3) is 11.3 Å². The number of hydrogen-bond acceptors (Lipinski definition) is 1. The molecule has 0 spiro atoms. The summed E-state index contributed by atoms with van der Waals surface area (Å²) < 4.78 is 2.07. The second-order valence-corrected chi connectivity index (χ2v) is 4.04. The summed E-state index contributed by atoms with van der Waals surface area (Å²) in [6.07, 6.45) is 0. The van der Waals surface area contributed by atoms with E-state index in [1.54, 1.807) is 0 Å². The monoisotopic (exact) mass is 220 g/mol. The summed E-state index contributed by atoms with van der Waals surface area (Å²) in [5.41, 5.74) is 3.15. The van der Waals surface area contributed by atoms with Gasteiger partial charge in [-0.25, -0.2) is 4.98 Å². The van der Waals surface area contributed by atoms with Crippen molar-refractivity contribution in [3.63, 3.8) is 0 Å². The molecule has 0 unspecified atom stereocenters. The molecule has 2 aromatic rings. The first-order valence-corrected chi connectivity index (χ1v) is 5.24. The number of halogens is 1. The summed E-state index contributed by atoms with van der Waals surface area (Å²) in [5, 5.41) is 0.767. The van der Waals surface area contributed by atoms with Crippen LogP contribution in [0, 0.1) is 13.8 Å². The molecule has 2 nitrogen and oxygen atoms in total. The van der Waals surface area contributed by atoms with Gasteiger partial charge in [0.05, 0.1) is 11.4 Å². The van der Waals surface area contributed by atoms with Gasteiger partial charge < -0.3 is 4.57 Å². The van der Waals surface area contributed by atoms with E-state index in [2.05, 4.69) is 9.55 Å². The normalized spacial score (nSPS) is 10.7. The lowest BCUT2D eigenvalue weighted by molar-refractivity contribution is 0.865.